The number of H-pyrrole nitrogens is 1. The van der Waals surface area contributed by atoms with Gasteiger partial charge in [0.2, 0.25) is 0 Å². The van der Waals surface area contributed by atoms with Crippen LogP contribution < -0.4 is 10.9 Å². The van der Waals surface area contributed by atoms with Crippen LogP contribution in [-0.2, 0) is 0 Å². The fraction of sp³-hybridized carbons (Fsp3) is 0.733. The second-order valence-electron chi connectivity index (χ2n) is 6.25. The molecular formula is C15H24N4O. The summed E-state index contributed by atoms with van der Waals surface area (Å²) in [6, 6.07) is 1.38. The largest absolute Gasteiger partial charge is 0.310 e. The lowest BCUT2D eigenvalue weighted by molar-refractivity contribution is 0.313. The van der Waals surface area contributed by atoms with Crippen molar-refractivity contribution < 1.29 is 0 Å². The topological polar surface area (TPSA) is 61.0 Å². The summed E-state index contributed by atoms with van der Waals surface area (Å²) >= 11 is 0. The van der Waals surface area contributed by atoms with Gasteiger partial charge in [-0.3, -0.25) is 9.69 Å². The van der Waals surface area contributed by atoms with Crippen LogP contribution in [0.3, 0.4) is 0 Å². The number of hydrogen-bond donors (Lipinski definition) is 2. The molecule has 3 rings (SSSR count). The van der Waals surface area contributed by atoms with E-state index < -0.39 is 0 Å². The lowest BCUT2D eigenvalue weighted by Crippen LogP contribution is -2.37. The van der Waals surface area contributed by atoms with Gasteiger partial charge < -0.3 is 10.3 Å². The van der Waals surface area contributed by atoms with Crippen molar-refractivity contribution in [1.29, 1.82) is 0 Å². The summed E-state index contributed by atoms with van der Waals surface area (Å²) in [4.78, 5) is 21.9. The number of hydrogen-bond acceptors (Lipinski definition) is 4. The lowest BCUT2D eigenvalue weighted by Gasteiger charge is -2.21. The van der Waals surface area contributed by atoms with Gasteiger partial charge in [0, 0.05) is 36.9 Å². The number of likely N-dealkylation sites (tertiary alicyclic amines) is 1. The van der Waals surface area contributed by atoms with E-state index in [9.17, 15) is 4.79 Å². The number of nitrogens with one attached hydrogen (secondary N) is 2. The highest BCUT2D eigenvalue weighted by Crippen LogP contribution is 2.30. The number of nitrogens with zero attached hydrogens (tertiary/aromatic N) is 2. The molecule has 0 radical (unpaired) electrons. The summed E-state index contributed by atoms with van der Waals surface area (Å²) in [5.41, 5.74) is 1.61. The molecule has 110 valence electrons. The van der Waals surface area contributed by atoms with Crippen LogP contribution >= 0.6 is 0 Å². The molecule has 1 saturated heterocycles. The Morgan fingerprint density at radius 3 is 2.75 bits per heavy atom. The van der Waals surface area contributed by atoms with Crippen LogP contribution in [-0.4, -0.2) is 40.0 Å². The molecule has 2 heterocycles. The third kappa shape index (κ3) is 2.79. The van der Waals surface area contributed by atoms with E-state index in [-0.39, 0.29) is 11.6 Å². The Morgan fingerprint density at radius 1 is 1.35 bits per heavy atom. The van der Waals surface area contributed by atoms with E-state index in [1.165, 1.54) is 25.8 Å². The van der Waals surface area contributed by atoms with Gasteiger partial charge in [0.1, 0.15) is 5.82 Å². The van der Waals surface area contributed by atoms with E-state index in [1.807, 2.05) is 13.8 Å². The number of aromatic amines is 1. The highest BCUT2D eigenvalue weighted by Gasteiger charge is 2.34. The SMILES string of the molecule is Cc1nc(C)c(C(C)NC2CCN(C3CC3)C2)c(=O)[nH]1. The highest BCUT2D eigenvalue weighted by molar-refractivity contribution is 5.20. The van der Waals surface area contributed by atoms with Gasteiger partial charge in [0.05, 0.1) is 5.56 Å². The molecule has 5 nitrogen and oxygen atoms in total. The number of aromatic nitrogens is 2. The molecule has 2 fully saturated rings. The predicted octanol–water partition coefficient (Wildman–Crippen LogP) is 1.27. The van der Waals surface area contributed by atoms with Gasteiger partial charge in [-0.15, -0.1) is 0 Å². The van der Waals surface area contributed by atoms with E-state index >= 15 is 0 Å². The monoisotopic (exact) mass is 276 g/mol. The molecule has 0 aromatic carbocycles. The molecule has 2 unspecified atom stereocenters. The van der Waals surface area contributed by atoms with Gasteiger partial charge in [0.25, 0.3) is 5.56 Å². The zero-order valence-corrected chi connectivity index (χ0v) is 12.6. The van der Waals surface area contributed by atoms with Gasteiger partial charge >= 0.3 is 0 Å². The first-order valence-corrected chi connectivity index (χ1v) is 7.62. The molecule has 2 N–H and O–H groups in total. The zero-order chi connectivity index (χ0) is 14.3. The molecule has 0 bridgehead atoms. The molecule has 1 saturated carbocycles. The Morgan fingerprint density at radius 2 is 2.10 bits per heavy atom. The smallest absolute Gasteiger partial charge is 0.255 e. The molecule has 1 aliphatic heterocycles. The van der Waals surface area contributed by atoms with E-state index in [0.717, 1.165) is 23.8 Å². The van der Waals surface area contributed by atoms with E-state index in [0.29, 0.717) is 11.9 Å². The van der Waals surface area contributed by atoms with Crippen molar-refractivity contribution in [3.63, 3.8) is 0 Å². The maximum absolute atomic E-state index is 12.1. The Labute approximate surface area is 119 Å². The van der Waals surface area contributed by atoms with Crippen LogP contribution in [0.5, 0.6) is 0 Å². The van der Waals surface area contributed by atoms with Crippen LogP contribution in [0.1, 0.15) is 49.3 Å². The first kappa shape index (κ1) is 13.8. The Bertz CT molecular complexity index is 549. The van der Waals surface area contributed by atoms with Gasteiger partial charge in [-0.25, -0.2) is 4.98 Å². The Kier molecular flexibility index (Phi) is 3.65. The second kappa shape index (κ2) is 5.30. The summed E-state index contributed by atoms with van der Waals surface area (Å²) in [5.74, 6) is 0.684. The van der Waals surface area contributed by atoms with Crippen molar-refractivity contribution in [1.82, 2.24) is 20.2 Å². The minimum absolute atomic E-state index is 0.00736. The minimum Gasteiger partial charge on any atom is -0.310 e. The molecule has 2 atom stereocenters. The second-order valence-corrected chi connectivity index (χ2v) is 6.25. The van der Waals surface area contributed by atoms with Crippen LogP contribution in [0.4, 0.5) is 0 Å². The Hall–Kier alpha value is -1.20. The fourth-order valence-corrected chi connectivity index (χ4v) is 3.38. The molecule has 20 heavy (non-hydrogen) atoms. The average Bonchev–Trinajstić information content (AvgIpc) is 3.09. The number of rotatable bonds is 4. The summed E-state index contributed by atoms with van der Waals surface area (Å²) in [5, 5.41) is 3.61. The molecular weight excluding hydrogens is 252 g/mol. The van der Waals surface area contributed by atoms with Crippen LogP contribution in [0.25, 0.3) is 0 Å². The molecule has 5 heteroatoms. The summed E-state index contributed by atoms with van der Waals surface area (Å²) in [7, 11) is 0. The number of aryl methyl sites for hydroxylation is 2. The highest BCUT2D eigenvalue weighted by atomic mass is 16.1. The van der Waals surface area contributed by atoms with Crippen molar-refractivity contribution in [2.24, 2.45) is 0 Å². The first-order valence-electron chi connectivity index (χ1n) is 7.62. The maximum atomic E-state index is 12.1. The van der Waals surface area contributed by atoms with Gasteiger partial charge in [-0.1, -0.05) is 0 Å². The van der Waals surface area contributed by atoms with E-state index in [4.69, 9.17) is 0 Å². The average molecular weight is 276 g/mol. The summed E-state index contributed by atoms with van der Waals surface area (Å²) in [6.45, 7) is 8.11. The van der Waals surface area contributed by atoms with E-state index in [2.05, 4.69) is 27.1 Å². The summed E-state index contributed by atoms with van der Waals surface area (Å²) < 4.78 is 0. The van der Waals surface area contributed by atoms with Crippen molar-refractivity contribution in [3.05, 3.63) is 27.4 Å². The fourth-order valence-electron chi connectivity index (χ4n) is 3.38. The molecule has 0 amide bonds. The van der Waals surface area contributed by atoms with Crippen molar-refractivity contribution in [3.8, 4) is 0 Å². The van der Waals surface area contributed by atoms with Crippen LogP contribution in [0, 0.1) is 13.8 Å². The zero-order valence-electron chi connectivity index (χ0n) is 12.6. The van der Waals surface area contributed by atoms with Crippen LogP contribution in [0.15, 0.2) is 4.79 Å². The molecule has 1 aromatic heterocycles. The van der Waals surface area contributed by atoms with Gasteiger partial charge in [-0.2, -0.15) is 0 Å². The van der Waals surface area contributed by atoms with Crippen molar-refractivity contribution in [2.45, 2.75) is 58.2 Å². The molecule has 0 spiro atoms. The van der Waals surface area contributed by atoms with Crippen LogP contribution in [0.2, 0.25) is 0 Å². The normalized spacial score (nSPS) is 25.1. The molecule has 1 aromatic rings. The first-order chi connectivity index (χ1) is 9.54. The van der Waals surface area contributed by atoms with Crippen molar-refractivity contribution >= 4 is 0 Å². The predicted molar refractivity (Wildman–Crippen MR) is 78.9 cm³/mol. The third-order valence-electron chi connectivity index (χ3n) is 4.47. The maximum Gasteiger partial charge on any atom is 0.255 e. The standard InChI is InChI=1S/C15H24N4O/c1-9-14(15(20)18-11(3)16-9)10(2)17-12-6-7-19(8-12)13-4-5-13/h10,12-13,17H,4-8H2,1-3H3,(H,16,18,20). The van der Waals surface area contributed by atoms with Gasteiger partial charge in [-0.05, 0) is 40.0 Å². The van der Waals surface area contributed by atoms with E-state index in [1.54, 1.807) is 0 Å². The Balaban J connectivity index is 1.67. The minimum atomic E-state index is -0.00736. The summed E-state index contributed by atoms with van der Waals surface area (Å²) in [6.07, 6.45) is 3.91. The third-order valence-corrected chi connectivity index (χ3v) is 4.47. The molecule has 1 aliphatic carbocycles. The quantitative estimate of drug-likeness (QED) is 0.869. The van der Waals surface area contributed by atoms with Gasteiger partial charge in [0.15, 0.2) is 0 Å². The van der Waals surface area contributed by atoms with Crippen molar-refractivity contribution in [2.75, 3.05) is 13.1 Å². The molecule has 2 aliphatic rings. The lowest BCUT2D eigenvalue weighted by atomic mass is 10.1.